The van der Waals surface area contributed by atoms with Gasteiger partial charge in [-0.3, -0.25) is 9.89 Å². The molecule has 2 rings (SSSR count). The van der Waals surface area contributed by atoms with E-state index in [9.17, 15) is 13.6 Å². The van der Waals surface area contributed by atoms with Crippen LogP contribution in [0.2, 0.25) is 0 Å². The highest BCUT2D eigenvalue weighted by atomic mass is 32.1. The summed E-state index contributed by atoms with van der Waals surface area (Å²) in [4.78, 5) is 12.3. The number of nitrogens with one attached hydrogen (secondary N) is 1. The Morgan fingerprint density at radius 1 is 1.35 bits per heavy atom. The zero-order chi connectivity index (χ0) is 14.9. The van der Waals surface area contributed by atoms with Crippen LogP contribution in [0, 0.1) is 11.6 Å². The van der Waals surface area contributed by atoms with Crippen LogP contribution >= 0.6 is 12.6 Å². The van der Waals surface area contributed by atoms with Crippen LogP contribution in [0.3, 0.4) is 0 Å². The van der Waals surface area contributed by atoms with E-state index in [-0.39, 0.29) is 11.1 Å². The number of nitrogens with zero attached hydrogens (tertiary/aromatic N) is 1. The van der Waals surface area contributed by atoms with Crippen molar-refractivity contribution in [3.63, 3.8) is 0 Å². The zero-order valence-electron chi connectivity index (χ0n) is 10.6. The molecular weight excluding hydrogens is 284 g/mol. The topological polar surface area (TPSA) is 63.8 Å². The van der Waals surface area contributed by atoms with Crippen LogP contribution in [-0.4, -0.2) is 9.78 Å². The lowest BCUT2D eigenvalue weighted by molar-refractivity contribution is 0.584. The first-order valence-electron chi connectivity index (χ1n) is 5.81. The number of thiol groups is 1. The molecule has 7 heteroatoms. The molecule has 4 nitrogen and oxygen atoms in total. The van der Waals surface area contributed by atoms with Gasteiger partial charge in [-0.25, -0.2) is 13.5 Å². The molecule has 1 aromatic heterocycles. The minimum atomic E-state index is -0.757. The maximum atomic E-state index is 13.3. The van der Waals surface area contributed by atoms with Crippen molar-refractivity contribution in [2.45, 2.75) is 13.0 Å². The van der Waals surface area contributed by atoms with Gasteiger partial charge in [0.2, 0.25) is 0 Å². The first-order chi connectivity index (χ1) is 9.43. The fourth-order valence-electron chi connectivity index (χ4n) is 1.95. The molecule has 106 valence electrons. The molecule has 1 aromatic carbocycles. The minimum absolute atomic E-state index is 0.141. The van der Waals surface area contributed by atoms with E-state index in [1.54, 1.807) is 6.92 Å². The number of aromatic amines is 1. The number of benzene rings is 1. The number of hydrogen-bond donors (Lipinski definition) is 3. The second-order valence-corrected chi connectivity index (χ2v) is 4.62. The van der Waals surface area contributed by atoms with Gasteiger partial charge in [0.25, 0.3) is 5.56 Å². The van der Waals surface area contributed by atoms with Gasteiger partial charge < -0.3 is 5.73 Å². The van der Waals surface area contributed by atoms with E-state index >= 15 is 0 Å². The van der Waals surface area contributed by atoms with Crippen molar-refractivity contribution >= 4 is 18.8 Å². The molecule has 1 heterocycles. The first-order valence-corrected chi connectivity index (χ1v) is 6.33. The smallest absolute Gasteiger partial charge is 0.278 e. The summed E-state index contributed by atoms with van der Waals surface area (Å²) in [5, 5.41) is 4.15. The monoisotopic (exact) mass is 297 g/mol. The fourth-order valence-corrected chi connectivity index (χ4v) is 2.08. The molecule has 0 aliphatic heterocycles. The Morgan fingerprint density at radius 3 is 2.45 bits per heavy atom. The lowest BCUT2D eigenvalue weighted by Crippen LogP contribution is -2.12. The molecule has 0 saturated heterocycles. The molecule has 1 unspecified atom stereocenters. The summed E-state index contributed by atoms with van der Waals surface area (Å²) < 4.78 is 27.8. The fraction of sp³-hybridized carbons (Fsp3) is 0.154. The molecule has 0 fully saturated rings. The standard InChI is InChI=1S/C13H13F2N3OS/c1-7(16)12-11(13(19)18(17-12)2-3-20)8-4-9(14)6-10(15)5-8/h2-7,17,20H,16H2,1H3/b3-2-. The van der Waals surface area contributed by atoms with Gasteiger partial charge in [0, 0.05) is 18.3 Å². The lowest BCUT2D eigenvalue weighted by atomic mass is 10.0. The van der Waals surface area contributed by atoms with Crippen molar-refractivity contribution in [3.05, 3.63) is 51.3 Å². The van der Waals surface area contributed by atoms with Crippen LogP contribution in [0.15, 0.2) is 28.4 Å². The van der Waals surface area contributed by atoms with Crippen LogP contribution in [0.1, 0.15) is 18.7 Å². The van der Waals surface area contributed by atoms with Crippen molar-refractivity contribution < 1.29 is 8.78 Å². The van der Waals surface area contributed by atoms with Crippen LogP contribution < -0.4 is 11.3 Å². The minimum Gasteiger partial charge on any atom is -0.323 e. The largest absolute Gasteiger partial charge is 0.323 e. The van der Waals surface area contributed by atoms with Gasteiger partial charge in [0.15, 0.2) is 0 Å². The van der Waals surface area contributed by atoms with Gasteiger partial charge in [-0.1, -0.05) is 0 Å². The van der Waals surface area contributed by atoms with Crippen molar-refractivity contribution in [1.29, 1.82) is 0 Å². The predicted octanol–water partition coefficient (Wildman–Crippen LogP) is 2.50. The SMILES string of the molecule is CC(N)c1[nH]n(/C=C\S)c(=O)c1-c1cc(F)cc(F)c1. The Morgan fingerprint density at radius 2 is 1.95 bits per heavy atom. The quantitative estimate of drug-likeness (QED) is 0.762. The second-order valence-electron chi connectivity index (χ2n) is 4.32. The lowest BCUT2D eigenvalue weighted by Gasteiger charge is -2.06. The molecule has 2 aromatic rings. The normalized spacial score (nSPS) is 13.1. The first kappa shape index (κ1) is 14.5. The number of aromatic nitrogens is 2. The molecule has 3 N–H and O–H groups in total. The van der Waals surface area contributed by atoms with Gasteiger partial charge in [-0.05, 0) is 30.0 Å². The molecule has 0 spiro atoms. The Labute approximate surface area is 119 Å². The second kappa shape index (κ2) is 5.64. The maximum absolute atomic E-state index is 13.3. The van der Waals surface area contributed by atoms with Gasteiger partial charge >= 0.3 is 0 Å². The molecule has 0 radical (unpaired) electrons. The van der Waals surface area contributed by atoms with E-state index in [0.717, 1.165) is 22.9 Å². The maximum Gasteiger partial charge on any atom is 0.278 e. The third-order valence-corrected chi connectivity index (χ3v) is 2.90. The van der Waals surface area contributed by atoms with Gasteiger partial charge in [-0.15, -0.1) is 12.6 Å². The Balaban J connectivity index is 2.74. The van der Waals surface area contributed by atoms with Crippen molar-refractivity contribution in [1.82, 2.24) is 9.78 Å². The average Bonchev–Trinajstić information content (AvgIpc) is 2.66. The molecule has 0 saturated carbocycles. The molecule has 0 amide bonds. The Hall–Kier alpha value is -1.86. The van der Waals surface area contributed by atoms with Crippen molar-refractivity contribution in [3.8, 4) is 11.1 Å². The van der Waals surface area contributed by atoms with Gasteiger partial charge in [-0.2, -0.15) is 0 Å². The molecule has 1 atom stereocenters. The molecule has 0 bridgehead atoms. The van der Waals surface area contributed by atoms with Crippen molar-refractivity contribution in [2.75, 3.05) is 0 Å². The number of nitrogens with two attached hydrogens (primary N) is 1. The summed E-state index contributed by atoms with van der Waals surface area (Å²) in [6.45, 7) is 1.67. The highest BCUT2D eigenvalue weighted by Crippen LogP contribution is 2.24. The third-order valence-electron chi connectivity index (χ3n) is 2.77. The highest BCUT2D eigenvalue weighted by molar-refractivity contribution is 7.83. The third kappa shape index (κ3) is 2.68. The predicted molar refractivity (Wildman–Crippen MR) is 77.3 cm³/mol. The summed E-state index contributed by atoms with van der Waals surface area (Å²) in [6.07, 6.45) is 1.39. The Kier molecular flexibility index (Phi) is 4.10. The van der Waals surface area contributed by atoms with E-state index in [4.69, 9.17) is 5.73 Å². The molecule has 0 aliphatic rings. The summed E-state index contributed by atoms with van der Waals surface area (Å²) in [6, 6.07) is 2.43. The summed E-state index contributed by atoms with van der Waals surface area (Å²) in [5.41, 5.74) is 6.02. The summed E-state index contributed by atoms with van der Waals surface area (Å²) in [7, 11) is 0. The van der Waals surface area contributed by atoms with Gasteiger partial charge in [0.05, 0.1) is 11.3 Å². The van der Waals surface area contributed by atoms with Crippen LogP contribution in [0.5, 0.6) is 0 Å². The molecule has 20 heavy (non-hydrogen) atoms. The number of hydrogen-bond acceptors (Lipinski definition) is 3. The van der Waals surface area contributed by atoms with E-state index in [0.29, 0.717) is 5.69 Å². The van der Waals surface area contributed by atoms with Crippen LogP contribution in [0.25, 0.3) is 17.3 Å². The molecular formula is C13H13F2N3OS. The zero-order valence-corrected chi connectivity index (χ0v) is 11.5. The van der Waals surface area contributed by atoms with Gasteiger partial charge in [0.1, 0.15) is 11.6 Å². The summed E-state index contributed by atoms with van der Waals surface area (Å²) in [5.74, 6) is -1.51. The molecule has 0 aliphatic carbocycles. The highest BCUT2D eigenvalue weighted by Gasteiger charge is 2.19. The van der Waals surface area contributed by atoms with E-state index in [1.807, 2.05) is 0 Å². The van der Waals surface area contributed by atoms with E-state index in [2.05, 4.69) is 17.7 Å². The van der Waals surface area contributed by atoms with E-state index in [1.165, 1.54) is 11.6 Å². The van der Waals surface area contributed by atoms with Crippen LogP contribution in [-0.2, 0) is 0 Å². The summed E-state index contributed by atoms with van der Waals surface area (Å²) >= 11 is 3.88. The number of halogens is 2. The number of rotatable bonds is 3. The Bertz CT molecular complexity index is 699. The van der Waals surface area contributed by atoms with Crippen molar-refractivity contribution in [2.24, 2.45) is 5.73 Å². The average molecular weight is 297 g/mol. The van der Waals surface area contributed by atoms with E-state index < -0.39 is 23.2 Å². The number of H-pyrrole nitrogens is 1. The van der Waals surface area contributed by atoms with Crippen LogP contribution in [0.4, 0.5) is 8.78 Å².